The monoisotopic (exact) mass is 518 g/mol. The average molecular weight is 519 g/mol. The first-order valence-electron chi connectivity index (χ1n) is 11.9. The second-order valence-electron chi connectivity index (χ2n) is 9.18. The lowest BCUT2D eigenvalue weighted by Crippen LogP contribution is -2.26. The van der Waals surface area contributed by atoms with Crippen molar-refractivity contribution in [1.29, 1.82) is 0 Å². The van der Waals surface area contributed by atoms with E-state index >= 15 is 0 Å². The molecule has 7 nitrogen and oxygen atoms in total. The summed E-state index contributed by atoms with van der Waals surface area (Å²) in [6, 6.07) is 15.5. The predicted molar refractivity (Wildman–Crippen MR) is 133 cm³/mol. The summed E-state index contributed by atoms with van der Waals surface area (Å²) in [5.74, 6) is -3.31. The highest BCUT2D eigenvalue weighted by Gasteiger charge is 2.38. The highest BCUT2D eigenvalue weighted by Crippen LogP contribution is 2.44. The van der Waals surface area contributed by atoms with Crippen LogP contribution in [-0.4, -0.2) is 57.8 Å². The summed E-state index contributed by atoms with van der Waals surface area (Å²) in [6.45, 7) is 0.184. The van der Waals surface area contributed by atoms with Crippen molar-refractivity contribution < 1.29 is 37.8 Å². The number of aliphatic carboxylic acids is 1. The van der Waals surface area contributed by atoms with Crippen LogP contribution in [0.2, 0.25) is 0 Å². The fourth-order valence-electron chi connectivity index (χ4n) is 4.66. The maximum absolute atomic E-state index is 12.7. The summed E-state index contributed by atoms with van der Waals surface area (Å²) in [6.07, 6.45) is 0.839. The molecular weight excluding hydrogens is 489 g/mol. The third-order valence-electron chi connectivity index (χ3n) is 6.45. The van der Waals surface area contributed by atoms with Gasteiger partial charge in [-0.1, -0.05) is 55.7 Å². The van der Waals surface area contributed by atoms with E-state index in [9.17, 15) is 27.9 Å². The lowest BCUT2D eigenvalue weighted by molar-refractivity contribution is -0.192. The molecule has 1 aromatic heterocycles. The van der Waals surface area contributed by atoms with E-state index in [1.165, 1.54) is 24.8 Å². The van der Waals surface area contributed by atoms with Gasteiger partial charge in [0.2, 0.25) is 5.91 Å². The molecule has 0 saturated heterocycles. The first-order chi connectivity index (χ1) is 17.4. The number of hydrogen-bond donors (Lipinski definition) is 2. The largest absolute Gasteiger partial charge is 0.490 e. The van der Waals surface area contributed by atoms with Crippen molar-refractivity contribution in [3.05, 3.63) is 59.7 Å². The second-order valence-corrected chi connectivity index (χ2v) is 9.18. The van der Waals surface area contributed by atoms with Gasteiger partial charge in [-0.2, -0.15) is 13.2 Å². The second kappa shape index (κ2) is 11.5. The maximum atomic E-state index is 12.7. The Hall–Kier alpha value is -3.82. The molecule has 0 bridgehead atoms. The molecule has 1 amide bonds. The van der Waals surface area contributed by atoms with Gasteiger partial charge in [0.05, 0.1) is 16.8 Å². The summed E-state index contributed by atoms with van der Waals surface area (Å²) in [5.41, 5.74) is 4.45. The molecule has 1 heterocycles. The average Bonchev–Trinajstić information content (AvgIpc) is 3.18. The zero-order valence-corrected chi connectivity index (χ0v) is 20.6. The van der Waals surface area contributed by atoms with Crippen LogP contribution in [0.5, 0.6) is 0 Å². The minimum atomic E-state index is -5.08. The molecule has 0 radical (unpaired) electrons. The Morgan fingerprint density at radius 2 is 1.57 bits per heavy atom. The molecule has 1 fully saturated rings. The van der Waals surface area contributed by atoms with Gasteiger partial charge < -0.3 is 19.7 Å². The molecule has 3 aromatic rings. The molecule has 2 N–H and O–H groups in total. The Kier molecular flexibility index (Phi) is 8.62. The highest BCUT2D eigenvalue weighted by molar-refractivity contribution is 5.99. The van der Waals surface area contributed by atoms with Crippen LogP contribution in [0.4, 0.5) is 13.2 Å². The molecule has 1 aliphatic carbocycles. The van der Waals surface area contributed by atoms with Crippen LogP contribution < -0.4 is 0 Å². The molecule has 1 aliphatic rings. The van der Waals surface area contributed by atoms with Crippen LogP contribution in [0.3, 0.4) is 0 Å². The van der Waals surface area contributed by atoms with E-state index in [0.717, 1.165) is 35.0 Å². The van der Waals surface area contributed by atoms with Crippen molar-refractivity contribution in [3.63, 3.8) is 0 Å². The van der Waals surface area contributed by atoms with Crippen molar-refractivity contribution in [2.24, 2.45) is 0 Å². The van der Waals surface area contributed by atoms with Crippen LogP contribution in [0.15, 0.2) is 48.5 Å². The summed E-state index contributed by atoms with van der Waals surface area (Å²) in [7, 11) is 3.50. The van der Waals surface area contributed by atoms with Gasteiger partial charge in [-0.25, -0.2) is 9.59 Å². The molecule has 2 aromatic carbocycles. The lowest BCUT2D eigenvalue weighted by atomic mass is 9.82. The third kappa shape index (κ3) is 6.49. The topological polar surface area (TPSA) is 99.8 Å². The Morgan fingerprint density at radius 3 is 2.08 bits per heavy atom. The number of benzene rings is 2. The Balaban J connectivity index is 0.000000479. The van der Waals surface area contributed by atoms with Gasteiger partial charge in [-0.15, -0.1) is 0 Å². The number of nitrogens with zero attached hydrogens (tertiary/aromatic N) is 2. The number of carboxylic acids is 2. The van der Waals surface area contributed by atoms with Gasteiger partial charge in [0.1, 0.15) is 6.54 Å². The molecule has 1 saturated carbocycles. The zero-order chi connectivity index (χ0) is 27.3. The number of alkyl halides is 3. The summed E-state index contributed by atoms with van der Waals surface area (Å²) >= 11 is 0. The number of carbonyl (C=O) groups is 3. The standard InChI is InChI=1S/C25H28N2O3.C2HF3O2/c1-26(2)22(28)16-27-21-15-19(25(29)30)13-14-20(21)23(17-9-5-3-6-10-17)24(27)18-11-7-4-8-12-18;3-2(4,5)1(6)7/h4,7-8,11-15,17H,3,5-6,9-10,16H2,1-2H3,(H,29,30);(H,6,7). The molecule has 37 heavy (non-hydrogen) atoms. The Labute approximate surface area is 212 Å². The molecule has 0 spiro atoms. The van der Waals surface area contributed by atoms with Crippen molar-refractivity contribution in [3.8, 4) is 11.3 Å². The van der Waals surface area contributed by atoms with Gasteiger partial charge in [0.15, 0.2) is 0 Å². The molecule has 0 atom stereocenters. The maximum Gasteiger partial charge on any atom is 0.490 e. The van der Waals surface area contributed by atoms with Gasteiger partial charge in [0, 0.05) is 19.5 Å². The van der Waals surface area contributed by atoms with E-state index < -0.39 is 18.1 Å². The lowest BCUT2D eigenvalue weighted by Gasteiger charge is -2.24. The number of hydrogen-bond acceptors (Lipinski definition) is 3. The minimum absolute atomic E-state index is 0.0139. The van der Waals surface area contributed by atoms with Crippen LogP contribution in [0.1, 0.15) is 53.9 Å². The SMILES string of the molecule is CN(C)C(=O)Cn1c(-c2ccccc2)c(C2CCCCC2)c2ccc(C(=O)O)cc21.O=C(O)C(F)(F)F. The molecule has 0 unspecified atom stereocenters. The number of aromatic nitrogens is 1. The number of carboxylic acid groups (broad SMARTS) is 2. The van der Waals surface area contributed by atoms with Crippen LogP contribution in [0, 0.1) is 0 Å². The first-order valence-corrected chi connectivity index (χ1v) is 11.9. The van der Waals surface area contributed by atoms with Crippen LogP contribution >= 0.6 is 0 Å². The van der Waals surface area contributed by atoms with Gasteiger partial charge in [-0.3, -0.25) is 4.79 Å². The van der Waals surface area contributed by atoms with Gasteiger partial charge in [0.25, 0.3) is 0 Å². The minimum Gasteiger partial charge on any atom is -0.478 e. The first kappa shape index (κ1) is 27.8. The summed E-state index contributed by atoms with van der Waals surface area (Å²) < 4.78 is 33.8. The molecular formula is C27H29F3N2O5. The quantitative estimate of drug-likeness (QED) is 0.446. The van der Waals surface area contributed by atoms with E-state index in [1.807, 2.05) is 28.8 Å². The molecule has 198 valence electrons. The van der Waals surface area contributed by atoms with Gasteiger partial charge in [-0.05, 0) is 42.0 Å². The Morgan fingerprint density at radius 1 is 0.973 bits per heavy atom. The zero-order valence-electron chi connectivity index (χ0n) is 20.6. The Bertz CT molecular complexity index is 1280. The fourth-order valence-corrected chi connectivity index (χ4v) is 4.66. The van der Waals surface area contributed by atoms with Crippen LogP contribution in [-0.2, 0) is 16.1 Å². The molecule has 4 rings (SSSR count). The molecule has 10 heteroatoms. The highest BCUT2D eigenvalue weighted by atomic mass is 19.4. The van der Waals surface area contributed by atoms with Crippen molar-refractivity contribution >= 4 is 28.7 Å². The van der Waals surface area contributed by atoms with Crippen molar-refractivity contribution in [1.82, 2.24) is 9.47 Å². The van der Waals surface area contributed by atoms with Crippen molar-refractivity contribution in [2.75, 3.05) is 14.1 Å². The van der Waals surface area contributed by atoms with E-state index in [0.29, 0.717) is 5.92 Å². The smallest absolute Gasteiger partial charge is 0.478 e. The van der Waals surface area contributed by atoms with E-state index in [4.69, 9.17) is 9.90 Å². The predicted octanol–water partition coefficient (Wildman–Crippen LogP) is 5.78. The fraction of sp³-hybridized carbons (Fsp3) is 0.370. The number of likely N-dealkylation sites (N-methyl/N-ethyl adjacent to an activating group) is 1. The van der Waals surface area contributed by atoms with Gasteiger partial charge >= 0.3 is 18.1 Å². The van der Waals surface area contributed by atoms with E-state index in [2.05, 4.69) is 12.1 Å². The third-order valence-corrected chi connectivity index (χ3v) is 6.45. The number of rotatable bonds is 5. The summed E-state index contributed by atoms with van der Waals surface area (Å²) in [5, 5.41) is 17.8. The number of halogens is 3. The summed E-state index contributed by atoms with van der Waals surface area (Å²) in [4.78, 5) is 34.9. The number of aromatic carboxylic acids is 1. The number of carbonyl (C=O) groups excluding carboxylic acids is 1. The number of amides is 1. The van der Waals surface area contributed by atoms with Crippen LogP contribution in [0.25, 0.3) is 22.2 Å². The number of fused-ring (bicyclic) bond motifs is 1. The normalized spacial score (nSPS) is 14.1. The molecule has 0 aliphatic heterocycles. The van der Waals surface area contributed by atoms with E-state index in [-0.39, 0.29) is 18.0 Å². The van der Waals surface area contributed by atoms with E-state index in [1.54, 1.807) is 31.1 Å². The van der Waals surface area contributed by atoms with Crippen molar-refractivity contribution in [2.45, 2.75) is 50.7 Å².